The molecule has 1 saturated heterocycles. The van der Waals surface area contributed by atoms with Crippen molar-refractivity contribution in [3.8, 4) is 0 Å². The van der Waals surface area contributed by atoms with Gasteiger partial charge in [-0.25, -0.2) is 4.98 Å². The van der Waals surface area contributed by atoms with E-state index in [4.69, 9.17) is 9.47 Å². The lowest BCUT2D eigenvalue weighted by Gasteiger charge is -2.22. The number of carbonyl (C=O) groups excluding carboxylic acids is 1. The summed E-state index contributed by atoms with van der Waals surface area (Å²) in [6.45, 7) is 2.01. The highest BCUT2D eigenvalue weighted by atomic mass is 16.5. The molecular weight excluding hydrogens is 246 g/mol. The summed E-state index contributed by atoms with van der Waals surface area (Å²) in [6.07, 6.45) is 7.63. The van der Waals surface area contributed by atoms with Crippen molar-refractivity contribution in [2.75, 3.05) is 26.4 Å². The molecule has 0 saturated carbocycles. The van der Waals surface area contributed by atoms with Gasteiger partial charge in [0.1, 0.15) is 6.61 Å². The van der Waals surface area contributed by atoms with E-state index in [2.05, 4.69) is 15.3 Å². The smallest absolute Gasteiger partial charge is 0.246 e. The lowest BCUT2D eigenvalue weighted by atomic mass is 10.1. The second-order valence-corrected chi connectivity index (χ2v) is 4.68. The molecule has 0 radical (unpaired) electrons. The van der Waals surface area contributed by atoms with Crippen LogP contribution in [-0.2, 0) is 20.7 Å². The number of aromatic nitrogens is 2. The molecular formula is C13H21N3O3. The van der Waals surface area contributed by atoms with Gasteiger partial charge in [0.15, 0.2) is 0 Å². The van der Waals surface area contributed by atoms with Crippen LogP contribution in [0, 0.1) is 0 Å². The van der Waals surface area contributed by atoms with E-state index in [-0.39, 0.29) is 18.6 Å². The zero-order chi connectivity index (χ0) is 13.3. The molecule has 6 heteroatoms. The monoisotopic (exact) mass is 267 g/mol. The van der Waals surface area contributed by atoms with Crippen molar-refractivity contribution in [1.29, 1.82) is 0 Å². The largest absolute Gasteiger partial charge is 0.376 e. The second kappa shape index (κ2) is 7.91. The quantitative estimate of drug-likeness (QED) is 0.760. The minimum absolute atomic E-state index is 0.0877. The van der Waals surface area contributed by atoms with Crippen LogP contribution in [0.1, 0.15) is 25.0 Å². The van der Waals surface area contributed by atoms with Crippen molar-refractivity contribution in [2.24, 2.45) is 0 Å². The minimum atomic E-state index is -0.0877. The van der Waals surface area contributed by atoms with E-state index in [0.717, 1.165) is 31.6 Å². The number of nitrogens with one attached hydrogen (secondary N) is 2. The first-order valence-electron chi connectivity index (χ1n) is 6.78. The molecule has 1 atom stereocenters. The molecule has 1 aliphatic rings. The lowest BCUT2D eigenvalue weighted by Crippen LogP contribution is -2.32. The van der Waals surface area contributed by atoms with Crippen LogP contribution in [0.5, 0.6) is 0 Å². The number of amides is 1. The molecule has 0 aliphatic carbocycles. The Morgan fingerprint density at radius 3 is 3.26 bits per heavy atom. The van der Waals surface area contributed by atoms with Gasteiger partial charge in [0, 0.05) is 31.5 Å². The third-order valence-electron chi connectivity index (χ3n) is 3.08. The van der Waals surface area contributed by atoms with Gasteiger partial charge in [0.25, 0.3) is 0 Å². The summed E-state index contributed by atoms with van der Waals surface area (Å²) in [4.78, 5) is 18.4. The first-order chi connectivity index (χ1) is 9.34. The van der Waals surface area contributed by atoms with Crippen LogP contribution in [0.25, 0.3) is 0 Å². The molecule has 1 amide bonds. The normalized spacial score (nSPS) is 19.3. The van der Waals surface area contributed by atoms with Crippen LogP contribution in [0.2, 0.25) is 0 Å². The molecule has 106 valence electrons. The Balaban J connectivity index is 1.49. The van der Waals surface area contributed by atoms with Gasteiger partial charge >= 0.3 is 0 Å². The molecule has 1 fully saturated rings. The van der Waals surface area contributed by atoms with Gasteiger partial charge in [0.05, 0.1) is 19.0 Å². The Morgan fingerprint density at radius 1 is 1.58 bits per heavy atom. The number of H-pyrrole nitrogens is 1. The van der Waals surface area contributed by atoms with Gasteiger partial charge in [-0.1, -0.05) is 0 Å². The SMILES string of the molecule is O=C(COC[C@@H]1CCCCO1)NCCc1cnc[nH]1. The Hall–Kier alpha value is -1.40. The summed E-state index contributed by atoms with van der Waals surface area (Å²) >= 11 is 0. The first kappa shape index (κ1) is 14.0. The van der Waals surface area contributed by atoms with Crippen LogP contribution >= 0.6 is 0 Å². The van der Waals surface area contributed by atoms with E-state index >= 15 is 0 Å². The van der Waals surface area contributed by atoms with Crippen LogP contribution in [0.4, 0.5) is 0 Å². The highest BCUT2D eigenvalue weighted by Crippen LogP contribution is 2.12. The molecule has 19 heavy (non-hydrogen) atoms. The molecule has 0 bridgehead atoms. The number of hydrogen-bond donors (Lipinski definition) is 2. The maximum absolute atomic E-state index is 11.5. The van der Waals surface area contributed by atoms with Crippen molar-refractivity contribution in [3.63, 3.8) is 0 Å². The standard InChI is InChI=1S/C13H21N3O3/c17-13(15-5-4-11-7-14-10-16-11)9-18-8-12-3-1-2-6-19-12/h7,10,12H,1-6,8-9H2,(H,14,16)(H,15,17)/t12-/m0/s1. The second-order valence-electron chi connectivity index (χ2n) is 4.68. The molecule has 0 unspecified atom stereocenters. The topological polar surface area (TPSA) is 76.2 Å². The van der Waals surface area contributed by atoms with E-state index in [1.807, 2.05) is 0 Å². The van der Waals surface area contributed by atoms with Crippen LogP contribution in [-0.4, -0.2) is 48.3 Å². The van der Waals surface area contributed by atoms with E-state index in [0.29, 0.717) is 13.2 Å². The summed E-state index contributed by atoms with van der Waals surface area (Å²) in [5.41, 5.74) is 1.01. The first-order valence-corrected chi connectivity index (χ1v) is 6.78. The molecule has 1 aromatic heterocycles. The fraction of sp³-hybridized carbons (Fsp3) is 0.692. The molecule has 1 aliphatic heterocycles. The van der Waals surface area contributed by atoms with Crippen molar-refractivity contribution < 1.29 is 14.3 Å². The minimum Gasteiger partial charge on any atom is -0.376 e. The molecule has 0 spiro atoms. The average Bonchev–Trinajstić information content (AvgIpc) is 2.93. The van der Waals surface area contributed by atoms with Gasteiger partial charge < -0.3 is 19.8 Å². The summed E-state index contributed by atoms with van der Waals surface area (Å²) in [6, 6.07) is 0. The van der Waals surface area contributed by atoms with Crippen molar-refractivity contribution >= 4 is 5.91 Å². The van der Waals surface area contributed by atoms with Crippen LogP contribution in [0.3, 0.4) is 0 Å². The van der Waals surface area contributed by atoms with E-state index in [1.165, 1.54) is 6.42 Å². The van der Waals surface area contributed by atoms with Crippen molar-refractivity contribution in [3.05, 3.63) is 18.2 Å². The highest BCUT2D eigenvalue weighted by Gasteiger charge is 2.14. The van der Waals surface area contributed by atoms with E-state index in [1.54, 1.807) is 12.5 Å². The zero-order valence-electron chi connectivity index (χ0n) is 11.1. The Labute approximate surface area is 112 Å². The molecule has 2 rings (SSSR count). The number of hydrogen-bond acceptors (Lipinski definition) is 4. The van der Waals surface area contributed by atoms with Gasteiger partial charge in [-0.3, -0.25) is 4.79 Å². The predicted molar refractivity (Wildman–Crippen MR) is 69.7 cm³/mol. The number of imidazole rings is 1. The predicted octanol–water partition coefficient (Wildman–Crippen LogP) is 0.654. The zero-order valence-corrected chi connectivity index (χ0v) is 11.1. The molecule has 2 heterocycles. The van der Waals surface area contributed by atoms with Gasteiger partial charge in [-0.15, -0.1) is 0 Å². The Bertz CT molecular complexity index is 361. The van der Waals surface area contributed by atoms with E-state index in [9.17, 15) is 4.79 Å². The van der Waals surface area contributed by atoms with Gasteiger partial charge in [-0.05, 0) is 19.3 Å². The third-order valence-corrected chi connectivity index (χ3v) is 3.08. The van der Waals surface area contributed by atoms with Crippen LogP contribution < -0.4 is 5.32 Å². The molecule has 1 aromatic rings. The third kappa shape index (κ3) is 5.40. The summed E-state index contributed by atoms with van der Waals surface area (Å²) < 4.78 is 10.9. The molecule has 2 N–H and O–H groups in total. The van der Waals surface area contributed by atoms with Gasteiger partial charge in [-0.2, -0.15) is 0 Å². The molecule has 0 aromatic carbocycles. The van der Waals surface area contributed by atoms with Gasteiger partial charge in [0.2, 0.25) is 5.91 Å². The maximum atomic E-state index is 11.5. The Kier molecular flexibility index (Phi) is 5.84. The number of ether oxygens (including phenoxy) is 2. The number of carbonyl (C=O) groups is 1. The van der Waals surface area contributed by atoms with E-state index < -0.39 is 0 Å². The Morgan fingerprint density at radius 2 is 2.53 bits per heavy atom. The fourth-order valence-electron chi connectivity index (χ4n) is 2.03. The summed E-state index contributed by atoms with van der Waals surface area (Å²) in [5, 5.41) is 2.81. The summed E-state index contributed by atoms with van der Waals surface area (Å²) in [5.74, 6) is -0.0877. The fourth-order valence-corrected chi connectivity index (χ4v) is 2.03. The van der Waals surface area contributed by atoms with Crippen LogP contribution in [0.15, 0.2) is 12.5 Å². The lowest BCUT2D eigenvalue weighted by molar-refractivity contribution is -0.127. The van der Waals surface area contributed by atoms with Crippen molar-refractivity contribution in [1.82, 2.24) is 15.3 Å². The maximum Gasteiger partial charge on any atom is 0.246 e. The number of nitrogens with zero attached hydrogens (tertiary/aromatic N) is 1. The molecule has 6 nitrogen and oxygen atoms in total. The average molecular weight is 267 g/mol. The van der Waals surface area contributed by atoms with Crippen molar-refractivity contribution in [2.45, 2.75) is 31.8 Å². The summed E-state index contributed by atoms with van der Waals surface area (Å²) in [7, 11) is 0. The number of rotatable bonds is 7. The highest BCUT2D eigenvalue weighted by molar-refractivity contribution is 5.77. The number of aromatic amines is 1.